The predicted octanol–water partition coefficient (Wildman–Crippen LogP) is 4.77. The Morgan fingerprint density at radius 3 is 1.63 bits per heavy atom. The Morgan fingerprint density at radius 2 is 1.32 bits per heavy atom. The minimum absolute atomic E-state index is 0.289. The molecule has 4 nitrogen and oxygen atoms in total. The van der Waals surface area contributed by atoms with E-state index in [1.165, 1.54) is 0 Å². The highest BCUT2D eigenvalue weighted by molar-refractivity contribution is 7.47. The van der Waals surface area contributed by atoms with Gasteiger partial charge in [0.2, 0.25) is 0 Å². The molecule has 0 heterocycles. The number of phosphoric ester groups is 1. The molecule has 0 aliphatic rings. The van der Waals surface area contributed by atoms with Crippen molar-refractivity contribution in [2.45, 2.75) is 66.2 Å². The monoisotopic (exact) mass is 294 g/mol. The highest BCUT2D eigenvalue weighted by Gasteiger charge is 2.23. The summed E-state index contributed by atoms with van der Waals surface area (Å²) in [4.78, 5) is 9.57. The second-order valence-electron chi connectivity index (χ2n) is 5.55. The van der Waals surface area contributed by atoms with Gasteiger partial charge >= 0.3 is 7.82 Å². The topological polar surface area (TPSA) is 55.8 Å². The van der Waals surface area contributed by atoms with Crippen molar-refractivity contribution < 1.29 is 18.5 Å². The molecule has 0 bridgehead atoms. The SMILES string of the molecule is CCCCC(C)COP(=O)(O)OCC(C)CCCC. The molecule has 0 saturated carbocycles. The van der Waals surface area contributed by atoms with Crippen molar-refractivity contribution in [3.63, 3.8) is 0 Å². The van der Waals surface area contributed by atoms with E-state index in [0.717, 1.165) is 38.5 Å². The molecular weight excluding hydrogens is 263 g/mol. The Balaban J connectivity index is 3.81. The van der Waals surface area contributed by atoms with Crippen LogP contribution in [0.25, 0.3) is 0 Å². The van der Waals surface area contributed by atoms with E-state index in [-0.39, 0.29) is 13.2 Å². The van der Waals surface area contributed by atoms with Gasteiger partial charge in [0.1, 0.15) is 0 Å². The highest BCUT2D eigenvalue weighted by Crippen LogP contribution is 2.44. The number of hydrogen-bond donors (Lipinski definition) is 1. The number of phosphoric acid groups is 1. The Kier molecular flexibility index (Phi) is 10.9. The zero-order chi connectivity index (χ0) is 14.7. The van der Waals surface area contributed by atoms with E-state index in [4.69, 9.17) is 9.05 Å². The molecule has 0 aliphatic heterocycles. The molecule has 0 aromatic carbocycles. The van der Waals surface area contributed by atoms with E-state index < -0.39 is 7.82 Å². The Bertz CT molecular complexity index is 236. The molecule has 2 unspecified atom stereocenters. The van der Waals surface area contributed by atoms with Crippen molar-refractivity contribution in [1.29, 1.82) is 0 Å². The van der Waals surface area contributed by atoms with Crippen LogP contribution in [-0.4, -0.2) is 18.1 Å². The van der Waals surface area contributed by atoms with E-state index >= 15 is 0 Å². The fourth-order valence-corrected chi connectivity index (χ4v) is 2.71. The third-order valence-electron chi connectivity index (χ3n) is 3.15. The first-order valence-electron chi connectivity index (χ1n) is 7.53. The summed E-state index contributed by atoms with van der Waals surface area (Å²) in [6.45, 7) is 8.89. The molecule has 0 aromatic heterocycles. The largest absolute Gasteiger partial charge is 0.472 e. The fourth-order valence-electron chi connectivity index (χ4n) is 1.75. The molecule has 0 aliphatic carbocycles. The minimum Gasteiger partial charge on any atom is -0.302 e. The number of hydrogen-bond acceptors (Lipinski definition) is 3. The van der Waals surface area contributed by atoms with Crippen LogP contribution >= 0.6 is 7.82 Å². The molecule has 1 N–H and O–H groups in total. The van der Waals surface area contributed by atoms with E-state index in [9.17, 15) is 9.46 Å². The summed E-state index contributed by atoms with van der Waals surface area (Å²) in [7, 11) is -3.86. The third kappa shape index (κ3) is 11.6. The molecule has 0 aromatic rings. The molecule has 0 saturated heterocycles. The van der Waals surface area contributed by atoms with Gasteiger partial charge in [0.05, 0.1) is 13.2 Å². The first kappa shape index (κ1) is 19.1. The van der Waals surface area contributed by atoms with Crippen molar-refractivity contribution in [2.75, 3.05) is 13.2 Å². The Hall–Kier alpha value is 0.110. The second kappa shape index (κ2) is 10.8. The molecule has 0 spiro atoms. The Labute approximate surface area is 118 Å². The van der Waals surface area contributed by atoms with Crippen LogP contribution in [0, 0.1) is 11.8 Å². The zero-order valence-electron chi connectivity index (χ0n) is 12.9. The third-order valence-corrected chi connectivity index (χ3v) is 4.10. The van der Waals surface area contributed by atoms with E-state index in [2.05, 4.69) is 13.8 Å². The molecule has 0 radical (unpaired) electrons. The summed E-state index contributed by atoms with van der Waals surface area (Å²) >= 11 is 0. The summed E-state index contributed by atoms with van der Waals surface area (Å²) in [5.74, 6) is 0.586. The first-order valence-corrected chi connectivity index (χ1v) is 9.02. The summed E-state index contributed by atoms with van der Waals surface area (Å²) in [5.41, 5.74) is 0. The van der Waals surface area contributed by atoms with E-state index in [0.29, 0.717) is 11.8 Å². The van der Waals surface area contributed by atoms with Crippen molar-refractivity contribution in [1.82, 2.24) is 0 Å². The molecular formula is C14H31O4P. The second-order valence-corrected chi connectivity index (χ2v) is 7.01. The predicted molar refractivity (Wildman–Crippen MR) is 79.1 cm³/mol. The van der Waals surface area contributed by atoms with Gasteiger partial charge in [-0.1, -0.05) is 53.4 Å². The summed E-state index contributed by atoms with van der Waals surface area (Å²) in [5, 5.41) is 0. The van der Waals surface area contributed by atoms with Crippen molar-refractivity contribution in [3.05, 3.63) is 0 Å². The highest BCUT2D eigenvalue weighted by atomic mass is 31.2. The van der Waals surface area contributed by atoms with Gasteiger partial charge in [0.25, 0.3) is 0 Å². The quantitative estimate of drug-likeness (QED) is 0.527. The van der Waals surface area contributed by atoms with Gasteiger partial charge in [-0.15, -0.1) is 0 Å². The zero-order valence-corrected chi connectivity index (χ0v) is 13.8. The first-order chi connectivity index (χ1) is 8.91. The van der Waals surface area contributed by atoms with Crippen molar-refractivity contribution in [2.24, 2.45) is 11.8 Å². The van der Waals surface area contributed by atoms with Gasteiger partial charge in [-0.2, -0.15) is 0 Å². The van der Waals surface area contributed by atoms with E-state index in [1.54, 1.807) is 0 Å². The average molecular weight is 294 g/mol. The lowest BCUT2D eigenvalue weighted by molar-refractivity contribution is 0.118. The maximum atomic E-state index is 11.7. The van der Waals surface area contributed by atoms with Crippen LogP contribution in [0.3, 0.4) is 0 Å². The molecule has 0 amide bonds. The van der Waals surface area contributed by atoms with Gasteiger partial charge in [-0.3, -0.25) is 9.05 Å². The lowest BCUT2D eigenvalue weighted by Gasteiger charge is -2.17. The van der Waals surface area contributed by atoms with Gasteiger partial charge in [0, 0.05) is 0 Å². The normalized spacial score (nSPS) is 17.9. The van der Waals surface area contributed by atoms with Crippen LogP contribution in [0.4, 0.5) is 0 Å². The molecule has 19 heavy (non-hydrogen) atoms. The van der Waals surface area contributed by atoms with Crippen molar-refractivity contribution in [3.8, 4) is 0 Å². The van der Waals surface area contributed by atoms with E-state index in [1.807, 2.05) is 13.8 Å². The minimum atomic E-state index is -3.86. The maximum absolute atomic E-state index is 11.7. The molecule has 0 rings (SSSR count). The van der Waals surface area contributed by atoms with Crippen LogP contribution < -0.4 is 0 Å². The van der Waals surface area contributed by atoms with Crippen LogP contribution in [-0.2, 0) is 13.6 Å². The van der Waals surface area contributed by atoms with Gasteiger partial charge in [0.15, 0.2) is 0 Å². The summed E-state index contributed by atoms with van der Waals surface area (Å²) < 4.78 is 21.7. The van der Waals surface area contributed by atoms with Crippen LogP contribution in [0.5, 0.6) is 0 Å². The molecule has 5 heteroatoms. The van der Waals surface area contributed by atoms with Gasteiger partial charge < -0.3 is 4.89 Å². The number of rotatable bonds is 12. The molecule has 0 fully saturated rings. The van der Waals surface area contributed by atoms with Gasteiger partial charge in [-0.25, -0.2) is 4.57 Å². The van der Waals surface area contributed by atoms with Crippen LogP contribution in [0.2, 0.25) is 0 Å². The average Bonchev–Trinajstić information content (AvgIpc) is 2.38. The van der Waals surface area contributed by atoms with Crippen LogP contribution in [0.15, 0.2) is 0 Å². The summed E-state index contributed by atoms with van der Waals surface area (Å²) in [6, 6.07) is 0. The lowest BCUT2D eigenvalue weighted by atomic mass is 10.1. The van der Waals surface area contributed by atoms with Crippen LogP contribution in [0.1, 0.15) is 66.2 Å². The Morgan fingerprint density at radius 1 is 0.947 bits per heavy atom. The molecule has 116 valence electrons. The number of unbranched alkanes of at least 4 members (excludes halogenated alkanes) is 2. The lowest BCUT2D eigenvalue weighted by Crippen LogP contribution is -2.09. The standard InChI is InChI=1S/C14H31O4P/c1-5-7-9-13(3)11-17-19(15,16)18-12-14(4)10-8-6-2/h13-14H,5-12H2,1-4H3,(H,15,16). The maximum Gasteiger partial charge on any atom is 0.472 e. The fraction of sp³-hybridized carbons (Fsp3) is 1.00. The summed E-state index contributed by atoms with van der Waals surface area (Å²) in [6.07, 6.45) is 6.54. The molecule has 2 atom stereocenters. The smallest absolute Gasteiger partial charge is 0.302 e. The van der Waals surface area contributed by atoms with Crippen molar-refractivity contribution >= 4 is 7.82 Å². The van der Waals surface area contributed by atoms with Gasteiger partial charge in [-0.05, 0) is 24.7 Å².